The third-order valence-corrected chi connectivity index (χ3v) is 7.23. The lowest BCUT2D eigenvalue weighted by Crippen LogP contribution is -2.70. The number of rotatable bonds is 10. The topological polar surface area (TPSA) is 192 Å². The highest BCUT2D eigenvalue weighted by Crippen LogP contribution is 2.41. The molecule has 2 aliphatic heterocycles. The first kappa shape index (κ1) is 23.8. The van der Waals surface area contributed by atoms with Crippen molar-refractivity contribution in [2.24, 2.45) is 5.73 Å². The van der Waals surface area contributed by atoms with E-state index in [-0.39, 0.29) is 35.7 Å². The number of carbonyl (C=O) groups is 3. The number of nitrogens with one attached hydrogen (secondary N) is 2. The summed E-state index contributed by atoms with van der Waals surface area (Å²) in [5, 5.41) is 35.2. The fourth-order valence-electron chi connectivity index (χ4n) is 3.09. The second-order valence-electron chi connectivity index (χ2n) is 6.63. The molecule has 0 radical (unpaired) electrons. The van der Waals surface area contributed by atoms with Crippen LogP contribution in [-0.2, 0) is 16.1 Å². The Morgan fingerprint density at radius 1 is 1.47 bits per heavy atom. The minimum Gasteiger partial charge on any atom is -0.477 e. The quantitative estimate of drug-likeness (QED) is 0.180. The molecule has 0 aromatic carbocycles. The van der Waals surface area contributed by atoms with E-state index in [2.05, 4.69) is 26.2 Å². The molecule has 1 saturated heterocycles. The third kappa shape index (κ3) is 5.29. The van der Waals surface area contributed by atoms with Crippen LogP contribution < -0.4 is 16.4 Å². The molecule has 170 valence electrons. The summed E-state index contributed by atoms with van der Waals surface area (Å²) in [5.74, 6) is -0.872. The highest BCUT2D eigenvalue weighted by Gasteiger charge is 2.53. The Hall–Kier alpha value is -2.90. The average molecular weight is 498 g/mol. The number of thioether (sulfide) groups is 2. The van der Waals surface area contributed by atoms with E-state index in [1.165, 1.54) is 33.1 Å². The summed E-state index contributed by atoms with van der Waals surface area (Å²) in [4.78, 5) is 37.1. The summed E-state index contributed by atoms with van der Waals surface area (Å²) in [5.41, 5.74) is 5.57. The number of nitrogens with two attached hydrogens (primary N) is 1. The molecule has 3 rings (SSSR count). The Balaban J connectivity index is 1.66. The van der Waals surface area contributed by atoms with Crippen molar-refractivity contribution in [2.45, 2.75) is 36.0 Å². The predicted octanol–water partition coefficient (Wildman–Crippen LogP) is -0.723. The van der Waals surface area contributed by atoms with Crippen LogP contribution >= 0.6 is 35.7 Å². The molecule has 5 N–H and O–H groups in total. The lowest BCUT2D eigenvalue weighted by Gasteiger charge is -2.49. The van der Waals surface area contributed by atoms with Crippen LogP contribution in [0.25, 0.3) is 0 Å². The van der Waals surface area contributed by atoms with Gasteiger partial charge >= 0.3 is 12.0 Å². The number of carboxylic acids is 1. The van der Waals surface area contributed by atoms with Gasteiger partial charge in [0.1, 0.15) is 17.1 Å². The first-order chi connectivity index (χ1) is 15.3. The van der Waals surface area contributed by atoms with E-state index < -0.39 is 18.0 Å². The van der Waals surface area contributed by atoms with Crippen molar-refractivity contribution < 1.29 is 19.5 Å². The average Bonchev–Trinajstić information content (AvgIpc) is 3.20. The van der Waals surface area contributed by atoms with Gasteiger partial charge in [0, 0.05) is 30.9 Å². The van der Waals surface area contributed by atoms with Crippen LogP contribution in [0, 0.1) is 11.3 Å². The van der Waals surface area contributed by atoms with E-state index in [1.807, 2.05) is 6.07 Å². The second-order valence-corrected chi connectivity index (χ2v) is 9.18. The number of thiocarbonyl (C=S) groups is 1. The van der Waals surface area contributed by atoms with Crippen LogP contribution in [-0.4, -0.2) is 82.6 Å². The minimum atomic E-state index is -1.19. The number of tetrazole rings is 1. The second kappa shape index (κ2) is 10.6. The molecular formula is C16H19N9O4S3. The number of aromatic nitrogens is 4. The van der Waals surface area contributed by atoms with Crippen LogP contribution in [0.1, 0.15) is 12.8 Å². The van der Waals surface area contributed by atoms with Gasteiger partial charge in [0.25, 0.3) is 5.91 Å². The molecule has 16 heteroatoms. The molecule has 0 saturated carbocycles. The number of urea groups is 1. The highest BCUT2D eigenvalue weighted by atomic mass is 32.2. The van der Waals surface area contributed by atoms with Gasteiger partial charge in [0.2, 0.25) is 5.16 Å². The van der Waals surface area contributed by atoms with Gasteiger partial charge in [-0.05, 0) is 16.0 Å². The van der Waals surface area contributed by atoms with Gasteiger partial charge in [-0.1, -0.05) is 24.0 Å². The van der Waals surface area contributed by atoms with Crippen LogP contribution in [0.2, 0.25) is 0 Å². The summed E-state index contributed by atoms with van der Waals surface area (Å²) in [6.07, 6.45) is 0.591. The van der Waals surface area contributed by atoms with E-state index in [1.54, 1.807) is 0 Å². The minimum absolute atomic E-state index is 0.0401. The zero-order valence-electron chi connectivity index (χ0n) is 16.6. The smallest absolute Gasteiger partial charge is 0.352 e. The van der Waals surface area contributed by atoms with Gasteiger partial charge in [0.05, 0.1) is 17.6 Å². The van der Waals surface area contributed by atoms with E-state index >= 15 is 0 Å². The van der Waals surface area contributed by atoms with Crippen molar-refractivity contribution in [3.63, 3.8) is 0 Å². The number of aliphatic carboxylic acids is 1. The summed E-state index contributed by atoms with van der Waals surface area (Å²) in [7, 11) is 0. The molecule has 0 bridgehead atoms. The van der Waals surface area contributed by atoms with Gasteiger partial charge in [-0.15, -0.1) is 16.9 Å². The summed E-state index contributed by atoms with van der Waals surface area (Å²) < 4.78 is 1.47. The summed E-state index contributed by atoms with van der Waals surface area (Å²) in [6, 6.07) is 0.725. The first-order valence-electron chi connectivity index (χ1n) is 9.32. The Morgan fingerprint density at radius 2 is 2.25 bits per heavy atom. The van der Waals surface area contributed by atoms with Crippen molar-refractivity contribution in [2.75, 3.05) is 18.1 Å². The number of nitrogens with zero attached hydrogens (tertiary/aromatic N) is 6. The maximum absolute atomic E-state index is 12.7. The van der Waals surface area contributed by atoms with Crippen molar-refractivity contribution >= 4 is 58.6 Å². The van der Waals surface area contributed by atoms with Crippen molar-refractivity contribution in [3.05, 3.63) is 11.3 Å². The van der Waals surface area contributed by atoms with Gasteiger partial charge < -0.3 is 21.5 Å². The van der Waals surface area contributed by atoms with Crippen LogP contribution in [0.3, 0.4) is 0 Å². The number of β-lactam (4-membered cyclic amide) rings is 1. The Morgan fingerprint density at radius 3 is 2.94 bits per heavy atom. The number of carbonyl (C=O) groups excluding carboxylic acids is 2. The molecule has 1 fully saturated rings. The lowest BCUT2D eigenvalue weighted by molar-refractivity contribution is -0.148. The Bertz CT molecular complexity index is 1010. The van der Waals surface area contributed by atoms with Crippen molar-refractivity contribution in [3.8, 4) is 6.07 Å². The molecule has 3 amide bonds. The molecule has 13 nitrogen and oxygen atoms in total. The molecule has 1 aromatic heterocycles. The lowest BCUT2D eigenvalue weighted by atomic mass is 10.0. The van der Waals surface area contributed by atoms with Gasteiger partial charge in [-0.2, -0.15) is 5.26 Å². The van der Waals surface area contributed by atoms with Crippen LogP contribution in [0.15, 0.2) is 16.4 Å². The van der Waals surface area contributed by atoms with E-state index in [0.717, 1.165) is 0 Å². The molecule has 3 heterocycles. The number of hydrogen-bond acceptors (Lipinski definition) is 10. The summed E-state index contributed by atoms with van der Waals surface area (Å²) in [6.45, 7) is 0.533. The normalized spacial score (nSPS) is 19.6. The number of primary amides is 1. The molecule has 32 heavy (non-hydrogen) atoms. The molecule has 1 aromatic rings. The van der Waals surface area contributed by atoms with Crippen LogP contribution in [0.5, 0.6) is 0 Å². The third-order valence-electron chi connectivity index (χ3n) is 4.53. The van der Waals surface area contributed by atoms with Crippen molar-refractivity contribution in [1.29, 1.82) is 5.26 Å². The standard InChI is InChI=1S/C16H19N9O4S3/c17-3-1-2-9(30)20-10-12(26)25-11(14(27)28)8(6-31-13(10)25)7-32-16-21-22-23-24(16)5-4-19-15(18)29/h10,13H,1-2,4-7H2,(H,20,30)(H,27,28)(H3,18,19,29)/t10?,13-/m1/s1. The largest absolute Gasteiger partial charge is 0.477 e. The number of fused-ring (bicyclic) bond motifs is 1. The van der Waals surface area contributed by atoms with E-state index in [0.29, 0.717) is 34.4 Å². The number of nitriles is 1. The maximum atomic E-state index is 12.7. The number of carboxylic acid groups (broad SMARTS) is 1. The monoisotopic (exact) mass is 497 g/mol. The number of hydrogen-bond donors (Lipinski definition) is 4. The van der Waals surface area contributed by atoms with Gasteiger partial charge in [-0.3, -0.25) is 9.69 Å². The molecule has 2 atom stereocenters. The maximum Gasteiger partial charge on any atom is 0.352 e. The molecule has 0 spiro atoms. The van der Waals surface area contributed by atoms with Gasteiger partial charge in [0.15, 0.2) is 0 Å². The zero-order chi connectivity index (χ0) is 23.3. The SMILES string of the molecule is N#CCCC(=S)NC1C(=O)N2C(C(=O)O)=C(CSc3nnnn3CCNC(N)=O)CS[C@H]12. The summed E-state index contributed by atoms with van der Waals surface area (Å²) >= 11 is 7.84. The zero-order valence-corrected chi connectivity index (χ0v) is 19.0. The van der Waals surface area contributed by atoms with E-state index in [4.69, 9.17) is 23.2 Å². The Kier molecular flexibility index (Phi) is 7.88. The predicted molar refractivity (Wildman–Crippen MR) is 118 cm³/mol. The van der Waals surface area contributed by atoms with E-state index in [9.17, 15) is 19.5 Å². The molecule has 2 aliphatic rings. The number of amides is 3. The highest BCUT2D eigenvalue weighted by molar-refractivity contribution is 8.01. The van der Waals surface area contributed by atoms with Crippen LogP contribution in [0.4, 0.5) is 4.79 Å². The van der Waals surface area contributed by atoms with Crippen molar-refractivity contribution in [1.82, 2.24) is 35.7 Å². The van der Waals surface area contributed by atoms with Gasteiger partial charge in [-0.25, -0.2) is 14.3 Å². The Labute approximate surface area is 196 Å². The molecular weight excluding hydrogens is 478 g/mol. The fraction of sp³-hybridized carbons (Fsp3) is 0.500. The first-order valence-corrected chi connectivity index (χ1v) is 11.8. The molecule has 1 unspecified atom stereocenters. The fourth-order valence-corrected chi connectivity index (χ4v) is 5.70. The molecule has 0 aliphatic carbocycles.